The molecule has 3 aromatic carbocycles. The van der Waals surface area contributed by atoms with E-state index in [-0.39, 0.29) is 35.6 Å². The van der Waals surface area contributed by atoms with Crippen LogP contribution in [0.2, 0.25) is 0 Å². The molecule has 3 amide bonds. The Bertz CT molecular complexity index is 2480. The van der Waals surface area contributed by atoms with Gasteiger partial charge < -0.3 is 34.1 Å². The first-order chi connectivity index (χ1) is 29.5. The Morgan fingerprint density at radius 3 is 2.36 bits per heavy atom. The predicted octanol–water partition coefficient (Wildman–Crippen LogP) is 6.57. The number of piperidine rings is 1. The summed E-state index contributed by atoms with van der Waals surface area (Å²) in [6.45, 7) is 5.06. The molecule has 61 heavy (non-hydrogen) atoms. The summed E-state index contributed by atoms with van der Waals surface area (Å²) in [6.07, 6.45) is 6.69. The van der Waals surface area contributed by atoms with Gasteiger partial charge in [-0.3, -0.25) is 14.4 Å². The van der Waals surface area contributed by atoms with Crippen LogP contribution in [0.4, 0.5) is 4.39 Å². The zero-order valence-electron chi connectivity index (χ0n) is 35.0. The molecule has 0 spiro atoms. The van der Waals surface area contributed by atoms with Crippen molar-refractivity contribution in [2.45, 2.75) is 64.5 Å². The number of rotatable bonds is 14. The maximum atomic E-state index is 15.1. The Balaban J connectivity index is 1.02. The third-order valence-corrected chi connectivity index (χ3v) is 11.7. The van der Waals surface area contributed by atoms with E-state index in [1.807, 2.05) is 62.4 Å². The molecular weight excluding hydrogens is 782 g/mol. The molecular formula is C46H50FN7O7. The Hall–Kier alpha value is -6.51. The Morgan fingerprint density at radius 2 is 1.66 bits per heavy atom. The number of H-pyrrole nitrogens is 1. The van der Waals surface area contributed by atoms with Gasteiger partial charge in [0.2, 0.25) is 11.8 Å². The van der Waals surface area contributed by atoms with Gasteiger partial charge in [-0.05, 0) is 61.4 Å². The predicted molar refractivity (Wildman–Crippen MR) is 226 cm³/mol. The van der Waals surface area contributed by atoms with Gasteiger partial charge in [0.1, 0.15) is 29.3 Å². The van der Waals surface area contributed by atoms with Crippen LogP contribution < -0.4 is 24.3 Å². The monoisotopic (exact) mass is 831 g/mol. The van der Waals surface area contributed by atoms with Gasteiger partial charge in [-0.2, -0.15) is 5.10 Å². The highest BCUT2D eigenvalue weighted by atomic mass is 19.1. The first kappa shape index (κ1) is 41.2. The molecule has 2 N–H and O–H groups in total. The third kappa shape index (κ3) is 8.59. The normalized spacial score (nSPS) is 17.1. The number of hydrogen-bond donors (Lipinski definition) is 2. The van der Waals surface area contributed by atoms with Crippen molar-refractivity contribution in [1.29, 1.82) is 0 Å². The average molecular weight is 832 g/mol. The van der Waals surface area contributed by atoms with Crippen molar-refractivity contribution < 1.29 is 37.7 Å². The number of ether oxygens (including phenoxy) is 4. The van der Waals surface area contributed by atoms with Crippen LogP contribution in [0.5, 0.6) is 23.0 Å². The van der Waals surface area contributed by atoms with Crippen LogP contribution in [-0.2, 0) is 16.0 Å². The maximum absolute atomic E-state index is 15.1. The number of likely N-dealkylation sites (tertiary alicyclic amines) is 1. The maximum Gasteiger partial charge on any atom is 0.255 e. The molecule has 2 aromatic heterocycles. The van der Waals surface area contributed by atoms with Crippen LogP contribution in [0.1, 0.15) is 67.4 Å². The summed E-state index contributed by atoms with van der Waals surface area (Å²) >= 11 is 0. The lowest BCUT2D eigenvalue weighted by Crippen LogP contribution is -2.55. The van der Waals surface area contributed by atoms with Crippen LogP contribution in [-0.4, -0.2) is 101 Å². The Labute approximate surface area is 353 Å². The molecule has 15 heteroatoms. The molecule has 14 nitrogen and oxygen atoms in total. The molecule has 2 fully saturated rings. The number of hydrogen-bond acceptors (Lipinski definition) is 10. The van der Waals surface area contributed by atoms with E-state index in [4.69, 9.17) is 24.0 Å². The smallest absolute Gasteiger partial charge is 0.255 e. The van der Waals surface area contributed by atoms with Crippen molar-refractivity contribution in [3.8, 4) is 34.3 Å². The number of amides is 3. The highest BCUT2D eigenvalue weighted by Gasteiger charge is 2.42. The fraction of sp³-hybridized carbons (Fsp3) is 0.391. The lowest BCUT2D eigenvalue weighted by Gasteiger charge is -2.42. The summed E-state index contributed by atoms with van der Waals surface area (Å²) in [5.74, 6) is 0.661. The van der Waals surface area contributed by atoms with Crippen LogP contribution in [0, 0.1) is 17.2 Å². The molecule has 318 valence electrons. The van der Waals surface area contributed by atoms with Crippen LogP contribution >= 0.6 is 0 Å². The highest BCUT2D eigenvalue weighted by Crippen LogP contribution is 2.40. The van der Waals surface area contributed by atoms with Crippen molar-refractivity contribution >= 4 is 34.5 Å². The number of aromatic amines is 1. The van der Waals surface area contributed by atoms with E-state index in [1.54, 1.807) is 24.1 Å². The van der Waals surface area contributed by atoms with Crippen LogP contribution in [0.3, 0.4) is 0 Å². The second-order valence-electron chi connectivity index (χ2n) is 16.5. The first-order valence-corrected chi connectivity index (χ1v) is 20.6. The van der Waals surface area contributed by atoms with E-state index >= 15 is 4.39 Å². The minimum Gasteiger partial charge on any atom is -0.494 e. The molecule has 0 unspecified atom stereocenters. The van der Waals surface area contributed by atoms with Gasteiger partial charge >= 0.3 is 0 Å². The van der Waals surface area contributed by atoms with Gasteiger partial charge in [0, 0.05) is 49.3 Å². The number of aromatic nitrogens is 3. The largest absolute Gasteiger partial charge is 0.494 e. The number of fused-ring (bicyclic) bond motifs is 1. The van der Waals surface area contributed by atoms with E-state index < -0.39 is 23.2 Å². The standard InChI is InChI=1S/C46H50FN7O7/c1-46(2)23-35(29-13-14-36(58-3)39(20-29)60-5)52-54(45(46)57)30-15-17-53(18-16-30)44(56)34(19-27-9-7-6-8-10-27)51-43(55)32-24-48-42-40(49-26-50-41(32)42)31-21-33(47)38(59-4)22-37(31)61-25-28-11-12-28/h6-10,13-14,20-22,24,26,28,30,34,48H,11-12,15-19,23,25H2,1-5H3,(H,51,55)/t34-/m1/s1. The molecule has 2 aliphatic heterocycles. The van der Waals surface area contributed by atoms with Crippen molar-refractivity contribution in [1.82, 2.24) is 30.2 Å². The molecule has 4 heterocycles. The topological polar surface area (TPSA) is 161 Å². The summed E-state index contributed by atoms with van der Waals surface area (Å²) in [6, 6.07) is 16.8. The number of benzene rings is 3. The number of methoxy groups -OCH3 is 3. The number of nitrogens with zero attached hydrogens (tertiary/aromatic N) is 5. The van der Waals surface area contributed by atoms with Gasteiger partial charge in [-0.15, -0.1) is 0 Å². The zero-order chi connectivity index (χ0) is 42.8. The minimum absolute atomic E-state index is 0.0439. The van der Waals surface area contributed by atoms with Gasteiger partial charge in [0.25, 0.3) is 5.91 Å². The molecule has 5 aromatic rings. The SMILES string of the molecule is COc1cc(OCC2CC2)c(-c2ncnc3c(C(=O)N[C@H](Cc4ccccc4)C(=O)N4CCC(N5N=C(c6ccc(OC)c(OC)c6)CC(C)(C)C5=O)CC4)c[nH]c23)cc1F. The fourth-order valence-electron chi connectivity index (χ4n) is 8.08. The van der Waals surface area contributed by atoms with Crippen molar-refractivity contribution in [3.05, 3.63) is 95.7 Å². The summed E-state index contributed by atoms with van der Waals surface area (Å²) in [5, 5.41) is 9.51. The van der Waals surface area contributed by atoms with E-state index in [2.05, 4.69) is 20.3 Å². The highest BCUT2D eigenvalue weighted by molar-refractivity contribution is 6.09. The van der Waals surface area contributed by atoms with Gasteiger partial charge in [0.05, 0.1) is 56.2 Å². The lowest BCUT2D eigenvalue weighted by atomic mass is 9.82. The Morgan fingerprint density at radius 1 is 0.918 bits per heavy atom. The number of carbonyl (C=O) groups is 3. The van der Waals surface area contributed by atoms with E-state index in [1.165, 1.54) is 31.8 Å². The van der Waals surface area contributed by atoms with Gasteiger partial charge in [-0.25, -0.2) is 19.4 Å². The lowest BCUT2D eigenvalue weighted by molar-refractivity contribution is -0.145. The second-order valence-corrected chi connectivity index (χ2v) is 16.5. The number of nitrogens with one attached hydrogen (secondary N) is 2. The summed E-state index contributed by atoms with van der Waals surface area (Å²) in [5.41, 5.74) is 3.44. The number of carbonyl (C=O) groups excluding carboxylic acids is 3. The number of halogens is 1. The molecule has 1 saturated heterocycles. The molecule has 0 bridgehead atoms. The fourth-order valence-corrected chi connectivity index (χ4v) is 8.08. The van der Waals surface area contributed by atoms with E-state index in [9.17, 15) is 14.4 Å². The van der Waals surface area contributed by atoms with Crippen LogP contribution in [0.15, 0.2) is 78.3 Å². The summed E-state index contributed by atoms with van der Waals surface area (Å²) in [7, 11) is 4.56. The van der Waals surface area contributed by atoms with Crippen molar-refractivity contribution in [2.75, 3.05) is 41.0 Å². The summed E-state index contributed by atoms with van der Waals surface area (Å²) < 4.78 is 37.5. The van der Waals surface area contributed by atoms with Gasteiger partial charge in [0.15, 0.2) is 23.1 Å². The second kappa shape index (κ2) is 17.2. The molecule has 1 atom stereocenters. The first-order valence-electron chi connectivity index (χ1n) is 20.6. The zero-order valence-corrected chi connectivity index (χ0v) is 35.0. The summed E-state index contributed by atoms with van der Waals surface area (Å²) in [4.78, 5) is 56.2. The van der Waals surface area contributed by atoms with Crippen LogP contribution in [0.25, 0.3) is 22.3 Å². The van der Waals surface area contributed by atoms with E-state index in [0.717, 1.165) is 29.7 Å². The van der Waals surface area contributed by atoms with Gasteiger partial charge in [-0.1, -0.05) is 44.2 Å². The quantitative estimate of drug-likeness (QED) is 0.126. The van der Waals surface area contributed by atoms with Crippen molar-refractivity contribution in [2.24, 2.45) is 16.4 Å². The minimum atomic E-state index is -0.916. The molecule has 3 aliphatic rings. The average Bonchev–Trinajstić information content (AvgIpc) is 4.01. The molecule has 0 radical (unpaired) electrons. The number of hydrazone groups is 1. The van der Waals surface area contributed by atoms with Crippen molar-refractivity contribution in [3.63, 3.8) is 0 Å². The Kier molecular flexibility index (Phi) is 11.6. The third-order valence-electron chi connectivity index (χ3n) is 11.7. The van der Waals surface area contributed by atoms with E-state index in [0.29, 0.717) is 84.4 Å². The molecule has 1 aliphatic carbocycles. The molecule has 8 rings (SSSR count). The molecule has 1 saturated carbocycles.